The molecule has 1 N–H and O–H groups in total. The van der Waals surface area contributed by atoms with Crippen LogP contribution in [-0.2, 0) is 4.74 Å². The number of carbonyl (C=O) groups is 1. The van der Waals surface area contributed by atoms with Crippen molar-refractivity contribution in [2.24, 2.45) is 0 Å². The van der Waals surface area contributed by atoms with Crippen LogP contribution in [0.3, 0.4) is 0 Å². The van der Waals surface area contributed by atoms with Crippen molar-refractivity contribution >= 4 is 18.0 Å². The molecule has 1 aromatic heterocycles. The van der Waals surface area contributed by atoms with Gasteiger partial charge in [-0.25, -0.2) is 4.98 Å². The lowest BCUT2D eigenvalue weighted by Crippen LogP contribution is -2.48. The molecule has 3 rings (SSSR count). The molecule has 0 saturated carbocycles. The Labute approximate surface area is 165 Å². The first-order valence-corrected chi connectivity index (χ1v) is 9.38. The summed E-state index contributed by atoms with van der Waals surface area (Å²) in [6.45, 7) is 2.80. The van der Waals surface area contributed by atoms with Gasteiger partial charge < -0.3 is 10.1 Å². The summed E-state index contributed by atoms with van der Waals surface area (Å²) in [7, 11) is 3.39. The molecule has 1 amide bonds. The van der Waals surface area contributed by atoms with E-state index in [1.165, 1.54) is 11.9 Å². The fourth-order valence-corrected chi connectivity index (χ4v) is 2.75. The highest BCUT2D eigenvalue weighted by molar-refractivity contribution is 5.80. The van der Waals surface area contributed by atoms with Gasteiger partial charge in [0, 0.05) is 6.54 Å². The van der Waals surface area contributed by atoms with Gasteiger partial charge in [0.25, 0.3) is 0 Å². The lowest BCUT2D eigenvalue weighted by molar-refractivity contribution is 0.147. The van der Waals surface area contributed by atoms with Gasteiger partial charge in [-0.3, -0.25) is 0 Å². The maximum absolute atomic E-state index is 12.7. The molecule has 0 aliphatic heterocycles. The largest absolute Gasteiger partial charge is 0.528 e. The molecule has 0 bridgehead atoms. The zero-order valence-corrected chi connectivity index (χ0v) is 16.5. The van der Waals surface area contributed by atoms with Gasteiger partial charge >= 0.3 is 12.0 Å². The molecule has 0 fully saturated rings. The van der Waals surface area contributed by atoms with Crippen LogP contribution in [0.25, 0.3) is 0 Å². The van der Waals surface area contributed by atoms with E-state index in [1.54, 1.807) is 14.1 Å². The summed E-state index contributed by atoms with van der Waals surface area (Å²) in [5.41, 5.74) is 1.23. The van der Waals surface area contributed by atoms with Crippen LogP contribution in [0.4, 0.5) is 16.7 Å². The SMILES string of the molecule is CC(CNc1ncnc([N+](C)(C)C(=O)OC2=CCCC=C2)n1)c1ccccc1. The number of anilines is 1. The third-order valence-electron chi connectivity index (χ3n) is 4.62. The summed E-state index contributed by atoms with van der Waals surface area (Å²) in [5.74, 6) is 1.60. The summed E-state index contributed by atoms with van der Waals surface area (Å²) in [6.07, 6.45) is 8.49. The predicted molar refractivity (Wildman–Crippen MR) is 110 cm³/mol. The number of aromatic nitrogens is 3. The first-order chi connectivity index (χ1) is 13.5. The van der Waals surface area contributed by atoms with Crippen molar-refractivity contribution in [3.05, 3.63) is 66.2 Å². The van der Waals surface area contributed by atoms with E-state index in [-0.39, 0.29) is 4.48 Å². The Bertz CT molecular complexity index is 877. The van der Waals surface area contributed by atoms with Crippen LogP contribution in [0.1, 0.15) is 31.2 Å². The van der Waals surface area contributed by atoms with Crippen LogP contribution >= 0.6 is 0 Å². The molecule has 0 saturated heterocycles. The molecule has 28 heavy (non-hydrogen) atoms. The first kappa shape index (κ1) is 19.7. The molecule has 0 radical (unpaired) electrons. The molecule has 7 nitrogen and oxygen atoms in total. The van der Waals surface area contributed by atoms with E-state index in [0.717, 1.165) is 12.8 Å². The third-order valence-corrected chi connectivity index (χ3v) is 4.62. The number of hydrogen-bond donors (Lipinski definition) is 1. The molecule has 1 unspecified atom stereocenters. The maximum atomic E-state index is 12.7. The molecule has 7 heteroatoms. The second kappa shape index (κ2) is 8.75. The van der Waals surface area contributed by atoms with Crippen LogP contribution in [0, 0.1) is 0 Å². The highest BCUT2D eigenvalue weighted by Gasteiger charge is 2.36. The fraction of sp³-hybridized carbons (Fsp3) is 0.333. The Morgan fingerprint density at radius 3 is 2.71 bits per heavy atom. The van der Waals surface area contributed by atoms with Crippen LogP contribution < -0.4 is 9.80 Å². The van der Waals surface area contributed by atoms with Crippen molar-refractivity contribution in [2.75, 3.05) is 26.0 Å². The molecule has 1 atom stereocenters. The molecular formula is C21H26N5O2+. The minimum Gasteiger partial charge on any atom is -0.381 e. The minimum absolute atomic E-state index is 0.239. The van der Waals surface area contributed by atoms with E-state index < -0.39 is 6.09 Å². The first-order valence-electron chi connectivity index (χ1n) is 9.38. The van der Waals surface area contributed by atoms with Gasteiger partial charge in [0.1, 0.15) is 12.1 Å². The van der Waals surface area contributed by atoms with Gasteiger partial charge in [-0.15, -0.1) is 4.98 Å². The minimum atomic E-state index is -0.451. The number of allylic oxidation sites excluding steroid dienone is 3. The van der Waals surface area contributed by atoms with E-state index in [1.807, 2.05) is 36.4 Å². The quantitative estimate of drug-likeness (QED) is 0.763. The molecule has 0 spiro atoms. The van der Waals surface area contributed by atoms with Crippen LogP contribution in [0.15, 0.2) is 60.6 Å². The Hall–Kier alpha value is -3.06. The van der Waals surface area contributed by atoms with Crippen LogP contribution in [0.5, 0.6) is 0 Å². The van der Waals surface area contributed by atoms with E-state index in [2.05, 4.69) is 39.3 Å². The van der Waals surface area contributed by atoms with Gasteiger partial charge in [0.05, 0.1) is 14.1 Å². The van der Waals surface area contributed by atoms with Gasteiger partial charge in [-0.05, 0) is 36.5 Å². The van der Waals surface area contributed by atoms with Crippen molar-refractivity contribution in [1.82, 2.24) is 19.4 Å². The highest BCUT2D eigenvalue weighted by Crippen LogP contribution is 2.20. The summed E-state index contributed by atoms with van der Waals surface area (Å²) in [4.78, 5) is 25.4. The second-order valence-electron chi connectivity index (χ2n) is 7.21. The van der Waals surface area contributed by atoms with Crippen LogP contribution in [0.2, 0.25) is 0 Å². The number of quaternary nitrogens is 1. The Morgan fingerprint density at radius 1 is 1.21 bits per heavy atom. The number of nitrogens with one attached hydrogen (secondary N) is 1. The lowest BCUT2D eigenvalue weighted by atomic mass is 10.0. The molecule has 146 valence electrons. The van der Waals surface area contributed by atoms with E-state index in [9.17, 15) is 4.79 Å². The molecule has 1 aliphatic rings. The highest BCUT2D eigenvalue weighted by atomic mass is 16.6. The zero-order chi connectivity index (χ0) is 20.0. The van der Waals surface area contributed by atoms with Gasteiger partial charge in [0.2, 0.25) is 5.95 Å². The number of benzene rings is 1. The standard InChI is InChI=1S/C21H26N5O2/c1-16(17-10-6-4-7-11-17)14-22-19-23-15-24-20(25-19)26(2,3)21(27)28-18-12-8-5-9-13-18/h4,6-8,10-13,15-16H,5,9,14H2,1-3H3,(H,22,23,24,25)/q+1. The van der Waals surface area contributed by atoms with Gasteiger partial charge in [-0.1, -0.05) is 43.3 Å². The Balaban J connectivity index is 1.66. The van der Waals surface area contributed by atoms with Gasteiger partial charge in [-0.2, -0.15) is 14.3 Å². The second-order valence-corrected chi connectivity index (χ2v) is 7.21. The smallest absolute Gasteiger partial charge is 0.381 e. The summed E-state index contributed by atoms with van der Waals surface area (Å²) >= 11 is 0. The Morgan fingerprint density at radius 2 is 2.00 bits per heavy atom. The normalized spacial score (nSPS) is 14.9. The van der Waals surface area contributed by atoms with Crippen molar-refractivity contribution in [2.45, 2.75) is 25.7 Å². The summed E-state index contributed by atoms with van der Waals surface area (Å²) in [6, 6.07) is 10.2. The number of hydrogen-bond acceptors (Lipinski definition) is 6. The van der Waals surface area contributed by atoms with E-state index in [0.29, 0.717) is 30.1 Å². The molecule has 1 aliphatic carbocycles. The van der Waals surface area contributed by atoms with Crippen LogP contribution in [-0.4, -0.2) is 41.7 Å². The number of ether oxygens (including phenoxy) is 1. The monoisotopic (exact) mass is 380 g/mol. The lowest BCUT2D eigenvalue weighted by Gasteiger charge is -2.22. The van der Waals surface area contributed by atoms with Crippen molar-refractivity contribution in [3.63, 3.8) is 0 Å². The fourth-order valence-electron chi connectivity index (χ4n) is 2.75. The molecule has 1 heterocycles. The van der Waals surface area contributed by atoms with E-state index >= 15 is 0 Å². The number of nitrogens with zero attached hydrogens (tertiary/aromatic N) is 4. The average molecular weight is 380 g/mol. The Kier molecular flexibility index (Phi) is 6.16. The topological polar surface area (TPSA) is 77.0 Å². The van der Waals surface area contributed by atoms with Crippen molar-refractivity contribution < 1.29 is 9.53 Å². The number of rotatable bonds is 6. The number of amides is 1. The van der Waals surface area contributed by atoms with Crippen molar-refractivity contribution in [3.8, 4) is 0 Å². The molecule has 1 aromatic carbocycles. The maximum Gasteiger partial charge on any atom is 0.528 e. The average Bonchev–Trinajstić information content (AvgIpc) is 2.73. The molecular weight excluding hydrogens is 354 g/mol. The van der Waals surface area contributed by atoms with E-state index in [4.69, 9.17) is 4.74 Å². The van der Waals surface area contributed by atoms with Crippen molar-refractivity contribution in [1.29, 1.82) is 0 Å². The van der Waals surface area contributed by atoms with Gasteiger partial charge in [0.15, 0.2) is 0 Å². The molecule has 2 aromatic rings. The summed E-state index contributed by atoms with van der Waals surface area (Å²) in [5, 5.41) is 3.23. The summed E-state index contributed by atoms with van der Waals surface area (Å²) < 4.78 is 5.25. The third kappa shape index (κ3) is 4.80. The number of carbonyl (C=O) groups excluding carboxylic acids is 1. The zero-order valence-electron chi connectivity index (χ0n) is 16.5. The predicted octanol–water partition coefficient (Wildman–Crippen LogP) is 4.02.